The van der Waals surface area contributed by atoms with E-state index in [2.05, 4.69) is 34.0 Å². The number of hydrogen-bond donors (Lipinski definition) is 0. The van der Waals surface area contributed by atoms with Crippen LogP contribution < -0.4 is 0 Å². The predicted molar refractivity (Wildman–Crippen MR) is 49.2 cm³/mol. The number of aromatic nitrogens is 2. The van der Waals surface area contributed by atoms with Crippen LogP contribution >= 0.6 is 22.9 Å². The Morgan fingerprint density at radius 3 is 2.90 bits per heavy atom. The molecule has 0 unspecified atom stereocenters. The topological polar surface area (TPSA) is 17.8 Å². The van der Waals surface area contributed by atoms with Gasteiger partial charge in [-0.15, -0.1) is 0 Å². The molecule has 0 aliphatic carbocycles. The van der Waals surface area contributed by atoms with Crippen LogP contribution in [0.15, 0.2) is 30.5 Å². The lowest BCUT2D eigenvalue weighted by atomic mass is 10.3. The van der Waals surface area contributed by atoms with Gasteiger partial charge in [-0.3, -0.25) is 0 Å². The molecule has 1 aromatic carbocycles. The van der Waals surface area contributed by atoms with Gasteiger partial charge < -0.3 is 0 Å². The van der Waals surface area contributed by atoms with E-state index in [-0.39, 0.29) is 0 Å². The summed E-state index contributed by atoms with van der Waals surface area (Å²) >= 11 is 2.14. The number of hydrogen-bond acceptors (Lipinski definition) is 1. The Morgan fingerprint density at radius 2 is 2.10 bits per heavy atom. The molecule has 0 saturated heterocycles. The van der Waals surface area contributed by atoms with Gasteiger partial charge in [0.2, 0.25) is 0 Å². The SMILES string of the molecule is In1cc2ccccc2n1. The zero-order valence-corrected chi connectivity index (χ0v) is 7.32. The summed E-state index contributed by atoms with van der Waals surface area (Å²) < 4.78 is 1.79. The molecule has 0 bridgehead atoms. The number of nitrogens with zero attached hydrogens (tertiary/aromatic N) is 2. The van der Waals surface area contributed by atoms with Crippen molar-refractivity contribution in [3.05, 3.63) is 30.5 Å². The van der Waals surface area contributed by atoms with Crippen molar-refractivity contribution in [2.45, 2.75) is 0 Å². The second kappa shape index (κ2) is 2.23. The van der Waals surface area contributed by atoms with Crippen LogP contribution in [-0.2, 0) is 0 Å². The summed E-state index contributed by atoms with van der Waals surface area (Å²) in [6.07, 6.45) is 2.00. The second-order valence-corrected chi connectivity index (χ2v) is 3.07. The lowest BCUT2D eigenvalue weighted by Gasteiger charge is -1.80. The third-order valence-electron chi connectivity index (χ3n) is 1.39. The van der Waals surface area contributed by atoms with Gasteiger partial charge in [0.1, 0.15) is 0 Å². The molecule has 0 fully saturated rings. The van der Waals surface area contributed by atoms with Crippen LogP contribution in [0.5, 0.6) is 0 Å². The molecule has 1 aromatic heterocycles. The van der Waals surface area contributed by atoms with Gasteiger partial charge in [0, 0.05) is 11.6 Å². The van der Waals surface area contributed by atoms with E-state index >= 15 is 0 Å². The molecule has 0 saturated carbocycles. The van der Waals surface area contributed by atoms with Gasteiger partial charge >= 0.3 is 0 Å². The first kappa shape index (κ1) is 6.15. The third kappa shape index (κ3) is 0.901. The maximum Gasteiger partial charge on any atom is 0.0932 e. The number of rotatable bonds is 0. The van der Waals surface area contributed by atoms with E-state index in [4.69, 9.17) is 0 Å². The third-order valence-corrected chi connectivity index (χ3v) is 1.88. The molecule has 0 aliphatic heterocycles. The highest BCUT2D eigenvalue weighted by molar-refractivity contribution is 14.1. The van der Waals surface area contributed by atoms with Crippen molar-refractivity contribution in [2.75, 3.05) is 0 Å². The van der Waals surface area contributed by atoms with Crippen molar-refractivity contribution in [1.29, 1.82) is 0 Å². The van der Waals surface area contributed by atoms with E-state index in [1.165, 1.54) is 5.39 Å². The Hall–Kier alpha value is -0.580. The molecular weight excluding hydrogens is 239 g/mol. The van der Waals surface area contributed by atoms with E-state index in [1.54, 1.807) is 2.90 Å². The molecule has 2 aromatic rings. The summed E-state index contributed by atoms with van der Waals surface area (Å²) in [5.74, 6) is 0. The van der Waals surface area contributed by atoms with Crippen LogP contribution in [0.3, 0.4) is 0 Å². The highest BCUT2D eigenvalue weighted by atomic mass is 127. The van der Waals surface area contributed by atoms with E-state index in [0.29, 0.717) is 0 Å². The second-order valence-electron chi connectivity index (χ2n) is 2.08. The van der Waals surface area contributed by atoms with Crippen molar-refractivity contribution in [2.24, 2.45) is 0 Å². The van der Waals surface area contributed by atoms with E-state index in [1.807, 2.05) is 24.4 Å². The number of benzene rings is 1. The van der Waals surface area contributed by atoms with Gasteiger partial charge in [-0.2, -0.15) is 5.10 Å². The lowest BCUT2D eigenvalue weighted by molar-refractivity contribution is 1.08. The first-order valence-corrected chi connectivity index (χ1v) is 3.93. The standard InChI is InChI=1S/C7H5IN2/c8-10-5-6-3-1-2-4-7(6)9-10/h1-5H. The fourth-order valence-electron chi connectivity index (χ4n) is 0.934. The Kier molecular flexibility index (Phi) is 1.37. The molecule has 0 radical (unpaired) electrons. The zero-order chi connectivity index (χ0) is 6.97. The first-order chi connectivity index (χ1) is 4.86. The Bertz CT molecular complexity index is 320. The van der Waals surface area contributed by atoms with Gasteiger partial charge in [0.05, 0.1) is 28.4 Å². The molecule has 0 spiro atoms. The van der Waals surface area contributed by atoms with Gasteiger partial charge in [-0.25, -0.2) is 2.90 Å². The van der Waals surface area contributed by atoms with Crippen LogP contribution in [0.25, 0.3) is 10.9 Å². The average molecular weight is 244 g/mol. The highest BCUT2D eigenvalue weighted by Crippen LogP contribution is 2.11. The monoisotopic (exact) mass is 244 g/mol. The highest BCUT2D eigenvalue weighted by Gasteiger charge is 1.93. The van der Waals surface area contributed by atoms with Gasteiger partial charge in [-0.05, 0) is 6.07 Å². The molecule has 50 valence electrons. The molecule has 3 heteroatoms. The average Bonchev–Trinajstić information content (AvgIpc) is 2.27. The van der Waals surface area contributed by atoms with Crippen molar-refractivity contribution >= 4 is 33.8 Å². The number of fused-ring (bicyclic) bond motifs is 1. The van der Waals surface area contributed by atoms with Gasteiger partial charge in [-0.1, -0.05) is 18.2 Å². The molecule has 2 nitrogen and oxygen atoms in total. The molecule has 0 amide bonds. The van der Waals surface area contributed by atoms with Crippen LogP contribution in [-0.4, -0.2) is 7.99 Å². The first-order valence-electron chi connectivity index (χ1n) is 2.97. The normalized spacial score (nSPS) is 10.5. The van der Waals surface area contributed by atoms with E-state index in [9.17, 15) is 0 Å². The fourth-order valence-corrected chi connectivity index (χ4v) is 1.47. The quantitative estimate of drug-likeness (QED) is 0.650. The lowest BCUT2D eigenvalue weighted by Crippen LogP contribution is -1.73. The molecule has 0 N–H and O–H groups in total. The fraction of sp³-hybridized carbons (Fsp3) is 0. The van der Waals surface area contributed by atoms with Gasteiger partial charge in [0.25, 0.3) is 0 Å². The minimum atomic E-state index is 1.05. The van der Waals surface area contributed by atoms with Crippen LogP contribution in [0.2, 0.25) is 0 Å². The van der Waals surface area contributed by atoms with Crippen LogP contribution in [0.4, 0.5) is 0 Å². The Balaban J connectivity index is 2.88. The molecule has 1 heterocycles. The van der Waals surface area contributed by atoms with Crippen molar-refractivity contribution < 1.29 is 0 Å². The Labute approximate surface area is 72.3 Å². The molecule has 0 atom stereocenters. The summed E-state index contributed by atoms with van der Waals surface area (Å²) in [6.45, 7) is 0. The molecule has 2 rings (SSSR count). The summed E-state index contributed by atoms with van der Waals surface area (Å²) in [4.78, 5) is 0. The largest absolute Gasteiger partial charge is 0.210 e. The summed E-state index contributed by atoms with van der Waals surface area (Å²) in [5.41, 5.74) is 1.05. The minimum Gasteiger partial charge on any atom is -0.210 e. The molecule has 0 aliphatic rings. The summed E-state index contributed by atoms with van der Waals surface area (Å²) in [6, 6.07) is 8.06. The Morgan fingerprint density at radius 1 is 1.30 bits per heavy atom. The maximum absolute atomic E-state index is 4.22. The van der Waals surface area contributed by atoms with E-state index in [0.717, 1.165) is 5.52 Å². The minimum absolute atomic E-state index is 1.05. The van der Waals surface area contributed by atoms with Crippen LogP contribution in [0, 0.1) is 0 Å². The predicted octanol–water partition coefficient (Wildman–Crippen LogP) is 2.23. The number of halogens is 1. The summed E-state index contributed by atoms with van der Waals surface area (Å²) in [7, 11) is 0. The van der Waals surface area contributed by atoms with Gasteiger partial charge in [0.15, 0.2) is 0 Å². The molecule has 10 heavy (non-hydrogen) atoms. The maximum atomic E-state index is 4.22. The van der Waals surface area contributed by atoms with E-state index < -0.39 is 0 Å². The summed E-state index contributed by atoms with van der Waals surface area (Å²) in [5, 5.41) is 5.41. The van der Waals surface area contributed by atoms with Crippen molar-refractivity contribution in [3.8, 4) is 0 Å². The van der Waals surface area contributed by atoms with Crippen LogP contribution in [0.1, 0.15) is 0 Å². The van der Waals surface area contributed by atoms with Crippen molar-refractivity contribution in [3.63, 3.8) is 0 Å². The molecular formula is C7H5IN2. The smallest absolute Gasteiger partial charge is 0.0932 e. The zero-order valence-electron chi connectivity index (χ0n) is 5.16. The van der Waals surface area contributed by atoms with Crippen molar-refractivity contribution in [1.82, 2.24) is 7.99 Å².